The third-order valence-corrected chi connectivity index (χ3v) is 4.77. The highest BCUT2D eigenvalue weighted by Crippen LogP contribution is 2.33. The van der Waals surface area contributed by atoms with Gasteiger partial charge in [0, 0.05) is 0 Å². The number of β-amino-alcohol motifs (C(OH)–C–C–N with tert-alkyl or cyclic N) is 1. The molecule has 1 heterocycles. The van der Waals surface area contributed by atoms with Gasteiger partial charge in [0.2, 0.25) is 0 Å². The van der Waals surface area contributed by atoms with Crippen LogP contribution in [0.2, 0.25) is 0 Å². The molecule has 1 unspecified atom stereocenters. The molecule has 6 heteroatoms. The second kappa shape index (κ2) is 7.32. The van der Waals surface area contributed by atoms with Crippen LogP contribution in [0.5, 0.6) is 0 Å². The Labute approximate surface area is 141 Å². The summed E-state index contributed by atoms with van der Waals surface area (Å²) >= 11 is 0. The molecule has 1 aliphatic heterocycles. The van der Waals surface area contributed by atoms with Gasteiger partial charge in [0.15, 0.2) is 0 Å². The quantitative estimate of drug-likeness (QED) is 0.779. The number of imide groups is 1. The summed E-state index contributed by atoms with van der Waals surface area (Å²) in [5.41, 5.74) is 0.279. The summed E-state index contributed by atoms with van der Waals surface area (Å²) < 4.78 is 5.48. The minimum absolute atomic E-state index is 0.0266. The second-order valence-corrected chi connectivity index (χ2v) is 6.64. The lowest BCUT2D eigenvalue weighted by Crippen LogP contribution is -2.48. The highest BCUT2D eigenvalue weighted by atomic mass is 16.5. The van der Waals surface area contributed by atoms with Crippen LogP contribution in [0.3, 0.4) is 0 Å². The Hall–Kier alpha value is -1.92. The molecule has 130 valence electrons. The predicted molar refractivity (Wildman–Crippen MR) is 88.2 cm³/mol. The topological polar surface area (TPSA) is 78.9 Å². The van der Waals surface area contributed by atoms with E-state index in [1.807, 2.05) is 30.3 Å². The molecule has 1 aliphatic carbocycles. The molecule has 0 radical (unpaired) electrons. The SMILES string of the molecule is O=C1NC2(CCCCC2)C(=O)N1CC(O)COCc1ccccc1. The van der Waals surface area contributed by atoms with Gasteiger partial charge in [0.05, 0.1) is 25.9 Å². The molecule has 3 amide bonds. The van der Waals surface area contributed by atoms with Crippen molar-refractivity contribution in [3.8, 4) is 0 Å². The number of nitrogens with zero attached hydrogens (tertiary/aromatic N) is 1. The van der Waals surface area contributed by atoms with Gasteiger partial charge in [-0.3, -0.25) is 9.69 Å². The first-order valence-electron chi connectivity index (χ1n) is 8.55. The average molecular weight is 332 g/mol. The Morgan fingerprint density at radius 2 is 1.88 bits per heavy atom. The summed E-state index contributed by atoms with van der Waals surface area (Å²) in [6.45, 7) is 0.447. The molecule has 24 heavy (non-hydrogen) atoms. The van der Waals surface area contributed by atoms with E-state index in [1.54, 1.807) is 0 Å². The van der Waals surface area contributed by atoms with Gasteiger partial charge in [-0.2, -0.15) is 0 Å². The van der Waals surface area contributed by atoms with Gasteiger partial charge in [-0.25, -0.2) is 4.79 Å². The molecular formula is C18H24N2O4. The highest BCUT2D eigenvalue weighted by Gasteiger charge is 2.51. The minimum atomic E-state index is -0.887. The maximum absolute atomic E-state index is 12.6. The lowest BCUT2D eigenvalue weighted by molar-refractivity contribution is -0.133. The third-order valence-electron chi connectivity index (χ3n) is 4.77. The summed E-state index contributed by atoms with van der Waals surface area (Å²) in [6.07, 6.45) is 3.48. The molecule has 1 saturated carbocycles. The fraction of sp³-hybridized carbons (Fsp3) is 0.556. The summed E-state index contributed by atoms with van der Waals surface area (Å²) in [6, 6.07) is 9.26. The Bertz CT molecular complexity index is 584. The van der Waals surface area contributed by atoms with E-state index in [0.717, 1.165) is 29.7 Å². The fourth-order valence-electron chi connectivity index (χ4n) is 3.49. The van der Waals surface area contributed by atoms with Crippen LogP contribution in [0.25, 0.3) is 0 Å². The molecular weight excluding hydrogens is 308 g/mol. The Morgan fingerprint density at radius 3 is 2.58 bits per heavy atom. The molecule has 1 atom stereocenters. The molecule has 2 aliphatic rings. The number of carbonyl (C=O) groups is 2. The average Bonchev–Trinajstić information content (AvgIpc) is 2.81. The van der Waals surface area contributed by atoms with Crippen molar-refractivity contribution < 1.29 is 19.4 Å². The van der Waals surface area contributed by atoms with Gasteiger partial charge in [-0.15, -0.1) is 0 Å². The molecule has 1 aromatic rings. The number of nitrogens with one attached hydrogen (secondary N) is 1. The standard InChI is InChI=1S/C18H24N2O4/c21-15(13-24-12-14-7-3-1-4-8-14)11-20-16(22)18(19-17(20)23)9-5-2-6-10-18/h1,3-4,7-8,15,21H,2,5-6,9-13H2,(H,19,23). The number of hydrogen-bond acceptors (Lipinski definition) is 4. The zero-order valence-electron chi connectivity index (χ0n) is 13.7. The van der Waals surface area contributed by atoms with Crippen LogP contribution in [-0.2, 0) is 16.1 Å². The van der Waals surface area contributed by atoms with Crippen LogP contribution in [0, 0.1) is 0 Å². The van der Waals surface area contributed by atoms with Crippen molar-refractivity contribution >= 4 is 11.9 Å². The molecule has 3 rings (SSSR count). The Kier molecular flexibility index (Phi) is 5.16. The first-order chi connectivity index (χ1) is 11.6. The van der Waals surface area contributed by atoms with Crippen molar-refractivity contribution in [2.45, 2.75) is 50.4 Å². The zero-order chi connectivity index (χ0) is 17.0. The van der Waals surface area contributed by atoms with Crippen molar-refractivity contribution in [1.82, 2.24) is 10.2 Å². The lowest BCUT2D eigenvalue weighted by atomic mass is 9.82. The molecule has 6 nitrogen and oxygen atoms in total. The first-order valence-corrected chi connectivity index (χ1v) is 8.55. The number of urea groups is 1. The molecule has 0 bridgehead atoms. The van der Waals surface area contributed by atoms with E-state index in [1.165, 1.54) is 0 Å². The lowest BCUT2D eigenvalue weighted by Gasteiger charge is -2.30. The van der Waals surface area contributed by atoms with Gasteiger partial charge in [0.1, 0.15) is 5.54 Å². The Morgan fingerprint density at radius 1 is 1.17 bits per heavy atom. The van der Waals surface area contributed by atoms with Crippen molar-refractivity contribution in [3.05, 3.63) is 35.9 Å². The van der Waals surface area contributed by atoms with E-state index in [-0.39, 0.29) is 19.1 Å². The summed E-state index contributed by atoms with van der Waals surface area (Å²) in [7, 11) is 0. The monoisotopic (exact) mass is 332 g/mol. The minimum Gasteiger partial charge on any atom is -0.389 e. The number of ether oxygens (including phenoxy) is 1. The van der Waals surface area contributed by atoms with Crippen LogP contribution in [0.1, 0.15) is 37.7 Å². The van der Waals surface area contributed by atoms with Crippen molar-refractivity contribution in [3.63, 3.8) is 0 Å². The van der Waals surface area contributed by atoms with E-state index >= 15 is 0 Å². The van der Waals surface area contributed by atoms with E-state index in [9.17, 15) is 14.7 Å². The second-order valence-electron chi connectivity index (χ2n) is 6.64. The van der Waals surface area contributed by atoms with Crippen LogP contribution in [-0.4, -0.2) is 46.7 Å². The van der Waals surface area contributed by atoms with E-state index < -0.39 is 17.7 Å². The van der Waals surface area contributed by atoms with Gasteiger partial charge in [-0.1, -0.05) is 49.6 Å². The maximum Gasteiger partial charge on any atom is 0.325 e. The molecule has 2 N–H and O–H groups in total. The molecule has 1 aromatic carbocycles. The van der Waals surface area contributed by atoms with E-state index in [2.05, 4.69) is 5.32 Å². The first kappa shape index (κ1) is 16.9. The van der Waals surface area contributed by atoms with Gasteiger partial charge >= 0.3 is 6.03 Å². The van der Waals surface area contributed by atoms with Crippen LogP contribution in [0.4, 0.5) is 4.79 Å². The molecule has 0 aromatic heterocycles. The van der Waals surface area contributed by atoms with Gasteiger partial charge < -0.3 is 15.2 Å². The zero-order valence-corrected chi connectivity index (χ0v) is 13.7. The number of hydrogen-bond donors (Lipinski definition) is 2. The number of aliphatic hydroxyl groups is 1. The highest BCUT2D eigenvalue weighted by molar-refractivity contribution is 6.07. The third kappa shape index (κ3) is 3.60. The Balaban J connectivity index is 1.49. The fourth-order valence-corrected chi connectivity index (χ4v) is 3.49. The molecule has 1 spiro atoms. The van der Waals surface area contributed by atoms with Gasteiger partial charge in [-0.05, 0) is 18.4 Å². The van der Waals surface area contributed by atoms with Crippen LogP contribution >= 0.6 is 0 Å². The smallest absolute Gasteiger partial charge is 0.325 e. The summed E-state index contributed by atoms with van der Waals surface area (Å²) in [5.74, 6) is -0.200. The van der Waals surface area contributed by atoms with Crippen molar-refractivity contribution in [2.75, 3.05) is 13.2 Å². The normalized spacial score (nSPS) is 21.1. The van der Waals surface area contributed by atoms with Crippen LogP contribution in [0.15, 0.2) is 30.3 Å². The van der Waals surface area contributed by atoms with Crippen molar-refractivity contribution in [2.24, 2.45) is 0 Å². The number of benzene rings is 1. The largest absolute Gasteiger partial charge is 0.389 e. The molecule has 2 fully saturated rings. The predicted octanol–water partition coefficient (Wildman–Crippen LogP) is 1.82. The van der Waals surface area contributed by atoms with Crippen LogP contribution < -0.4 is 5.32 Å². The summed E-state index contributed by atoms with van der Waals surface area (Å²) in [4.78, 5) is 25.9. The van der Waals surface area contributed by atoms with E-state index in [0.29, 0.717) is 19.4 Å². The number of amides is 3. The number of carbonyl (C=O) groups excluding carboxylic acids is 2. The maximum atomic E-state index is 12.6. The summed E-state index contributed by atoms with van der Waals surface area (Å²) in [5, 5.41) is 13.0. The van der Waals surface area contributed by atoms with Gasteiger partial charge in [0.25, 0.3) is 5.91 Å². The van der Waals surface area contributed by atoms with Crippen molar-refractivity contribution in [1.29, 1.82) is 0 Å². The molecule has 1 saturated heterocycles. The van der Waals surface area contributed by atoms with E-state index in [4.69, 9.17) is 4.74 Å². The number of rotatable bonds is 6. The number of aliphatic hydroxyl groups excluding tert-OH is 1.